The van der Waals surface area contributed by atoms with Gasteiger partial charge in [-0.25, -0.2) is 8.78 Å². The van der Waals surface area contributed by atoms with Gasteiger partial charge in [0.15, 0.2) is 5.58 Å². The molecule has 4 aromatic rings. The number of aromatic nitrogens is 1. The van der Waals surface area contributed by atoms with Gasteiger partial charge in [0.2, 0.25) is 0 Å². The molecule has 0 fully saturated rings. The summed E-state index contributed by atoms with van der Waals surface area (Å²) >= 11 is 0. The van der Waals surface area contributed by atoms with Gasteiger partial charge in [-0.05, 0) is 41.8 Å². The normalized spacial score (nSPS) is 11.1. The SMILES string of the molecule is O=C(NCCc1ccc(F)cc1)c1cc2occc2n1Cc1cccc(F)c1. The van der Waals surface area contributed by atoms with Gasteiger partial charge in [0.25, 0.3) is 5.91 Å². The number of carbonyl (C=O) groups excluding carboxylic acids is 1. The van der Waals surface area contributed by atoms with Crippen LogP contribution in [0.15, 0.2) is 71.3 Å². The molecular formula is C22H18F2N2O2. The van der Waals surface area contributed by atoms with E-state index in [4.69, 9.17) is 4.42 Å². The monoisotopic (exact) mass is 380 g/mol. The van der Waals surface area contributed by atoms with Crippen molar-refractivity contribution in [2.45, 2.75) is 13.0 Å². The summed E-state index contributed by atoms with van der Waals surface area (Å²) in [6.07, 6.45) is 2.15. The number of furan rings is 1. The second kappa shape index (κ2) is 7.68. The number of nitrogens with one attached hydrogen (secondary N) is 1. The first-order valence-corrected chi connectivity index (χ1v) is 8.94. The summed E-state index contributed by atoms with van der Waals surface area (Å²) in [5.41, 5.74) is 3.50. The number of hydrogen-bond donors (Lipinski definition) is 1. The Kier molecular flexibility index (Phi) is 4.93. The molecule has 142 valence electrons. The van der Waals surface area contributed by atoms with Crippen LogP contribution < -0.4 is 5.32 Å². The molecule has 0 bridgehead atoms. The molecule has 1 amide bonds. The van der Waals surface area contributed by atoms with Crippen LogP contribution in [-0.2, 0) is 13.0 Å². The molecular weight excluding hydrogens is 362 g/mol. The highest BCUT2D eigenvalue weighted by atomic mass is 19.1. The van der Waals surface area contributed by atoms with Crippen molar-refractivity contribution in [2.75, 3.05) is 6.54 Å². The molecule has 0 aliphatic rings. The van der Waals surface area contributed by atoms with Crippen molar-refractivity contribution >= 4 is 17.0 Å². The van der Waals surface area contributed by atoms with Crippen molar-refractivity contribution in [3.8, 4) is 0 Å². The van der Waals surface area contributed by atoms with Gasteiger partial charge in [-0.3, -0.25) is 4.79 Å². The Morgan fingerprint density at radius 3 is 2.57 bits per heavy atom. The molecule has 0 atom stereocenters. The van der Waals surface area contributed by atoms with Crippen LogP contribution in [0.4, 0.5) is 8.78 Å². The molecule has 0 radical (unpaired) electrons. The fourth-order valence-corrected chi connectivity index (χ4v) is 3.22. The maximum Gasteiger partial charge on any atom is 0.268 e. The van der Waals surface area contributed by atoms with Gasteiger partial charge in [-0.15, -0.1) is 0 Å². The van der Waals surface area contributed by atoms with Crippen LogP contribution in [0.5, 0.6) is 0 Å². The molecule has 6 heteroatoms. The fraction of sp³-hybridized carbons (Fsp3) is 0.136. The third-order valence-corrected chi connectivity index (χ3v) is 4.60. The second-order valence-corrected chi connectivity index (χ2v) is 6.55. The van der Waals surface area contributed by atoms with E-state index in [1.54, 1.807) is 41.2 Å². The predicted octanol–water partition coefficient (Wildman–Crippen LogP) is 4.53. The summed E-state index contributed by atoms with van der Waals surface area (Å²) in [6, 6.07) is 15.9. The molecule has 4 nitrogen and oxygen atoms in total. The lowest BCUT2D eigenvalue weighted by molar-refractivity contribution is 0.0945. The van der Waals surface area contributed by atoms with Crippen LogP contribution in [0.2, 0.25) is 0 Å². The van der Waals surface area contributed by atoms with Crippen LogP contribution in [-0.4, -0.2) is 17.0 Å². The second-order valence-electron chi connectivity index (χ2n) is 6.55. The maximum atomic E-state index is 13.5. The molecule has 0 spiro atoms. The van der Waals surface area contributed by atoms with E-state index in [0.29, 0.717) is 30.8 Å². The number of benzene rings is 2. The average molecular weight is 380 g/mol. The van der Waals surface area contributed by atoms with Crippen molar-refractivity contribution in [3.63, 3.8) is 0 Å². The Morgan fingerprint density at radius 2 is 1.79 bits per heavy atom. The fourth-order valence-electron chi connectivity index (χ4n) is 3.22. The highest BCUT2D eigenvalue weighted by Crippen LogP contribution is 2.23. The number of fused-ring (bicyclic) bond motifs is 1. The number of carbonyl (C=O) groups is 1. The first-order chi connectivity index (χ1) is 13.6. The van der Waals surface area contributed by atoms with E-state index in [-0.39, 0.29) is 17.5 Å². The van der Waals surface area contributed by atoms with Crippen molar-refractivity contribution in [2.24, 2.45) is 0 Å². The molecule has 0 aliphatic heterocycles. The lowest BCUT2D eigenvalue weighted by Crippen LogP contribution is -2.28. The first-order valence-electron chi connectivity index (χ1n) is 8.94. The molecule has 0 saturated carbocycles. The molecule has 0 aliphatic carbocycles. The third-order valence-electron chi connectivity index (χ3n) is 4.60. The zero-order valence-corrected chi connectivity index (χ0v) is 15.0. The summed E-state index contributed by atoms with van der Waals surface area (Å²) in [4.78, 5) is 12.7. The topological polar surface area (TPSA) is 47.2 Å². The summed E-state index contributed by atoms with van der Waals surface area (Å²) in [5.74, 6) is -0.853. The Balaban J connectivity index is 1.51. The first kappa shape index (κ1) is 18.0. The lowest BCUT2D eigenvalue weighted by atomic mass is 10.1. The van der Waals surface area contributed by atoms with E-state index >= 15 is 0 Å². The van der Waals surface area contributed by atoms with Crippen molar-refractivity contribution in [1.82, 2.24) is 9.88 Å². The summed E-state index contributed by atoms with van der Waals surface area (Å²) in [6.45, 7) is 0.762. The average Bonchev–Trinajstić information content (AvgIpc) is 3.26. The standard InChI is InChI=1S/C22H18F2N2O2/c23-17-6-4-15(5-7-17)8-10-25-22(27)20-13-21-19(9-11-28-21)26(20)14-16-2-1-3-18(24)12-16/h1-7,9,11-13H,8,10,14H2,(H,25,27). The molecule has 4 rings (SSSR count). The molecule has 2 heterocycles. The minimum absolute atomic E-state index is 0.245. The Hall–Kier alpha value is -3.41. The highest BCUT2D eigenvalue weighted by molar-refractivity contribution is 5.97. The molecule has 2 aromatic carbocycles. The maximum absolute atomic E-state index is 13.5. The Labute approximate surface area is 160 Å². The van der Waals surface area contributed by atoms with E-state index in [1.165, 1.54) is 24.3 Å². The quantitative estimate of drug-likeness (QED) is 0.534. The van der Waals surface area contributed by atoms with Crippen LogP contribution in [0.25, 0.3) is 11.1 Å². The Bertz CT molecular complexity index is 1110. The van der Waals surface area contributed by atoms with Gasteiger partial charge in [0.05, 0.1) is 11.8 Å². The zero-order chi connectivity index (χ0) is 19.5. The zero-order valence-electron chi connectivity index (χ0n) is 15.0. The minimum atomic E-state index is -0.321. The number of hydrogen-bond acceptors (Lipinski definition) is 2. The van der Waals surface area contributed by atoms with Gasteiger partial charge in [-0.1, -0.05) is 24.3 Å². The van der Waals surface area contributed by atoms with E-state index < -0.39 is 0 Å². The molecule has 2 aromatic heterocycles. The summed E-state index contributed by atoms with van der Waals surface area (Å²) < 4.78 is 33.7. The smallest absolute Gasteiger partial charge is 0.268 e. The van der Waals surface area contributed by atoms with Gasteiger partial charge >= 0.3 is 0 Å². The van der Waals surface area contributed by atoms with Crippen LogP contribution in [0.3, 0.4) is 0 Å². The van der Waals surface area contributed by atoms with Crippen LogP contribution >= 0.6 is 0 Å². The largest absolute Gasteiger partial charge is 0.463 e. The van der Waals surface area contributed by atoms with E-state index in [9.17, 15) is 13.6 Å². The van der Waals surface area contributed by atoms with Crippen molar-refractivity contribution in [1.29, 1.82) is 0 Å². The van der Waals surface area contributed by atoms with E-state index in [2.05, 4.69) is 5.32 Å². The minimum Gasteiger partial charge on any atom is -0.463 e. The molecule has 0 unspecified atom stereocenters. The number of nitrogens with zero attached hydrogens (tertiary/aromatic N) is 1. The van der Waals surface area contributed by atoms with Crippen molar-refractivity contribution < 1.29 is 18.0 Å². The van der Waals surface area contributed by atoms with Gasteiger partial charge in [0.1, 0.15) is 17.3 Å². The number of rotatable bonds is 6. The van der Waals surface area contributed by atoms with Gasteiger partial charge < -0.3 is 14.3 Å². The third kappa shape index (κ3) is 3.81. The van der Waals surface area contributed by atoms with Crippen LogP contribution in [0, 0.1) is 11.6 Å². The lowest BCUT2D eigenvalue weighted by Gasteiger charge is -2.11. The Morgan fingerprint density at radius 1 is 0.964 bits per heavy atom. The number of amides is 1. The number of halogens is 2. The predicted molar refractivity (Wildman–Crippen MR) is 102 cm³/mol. The molecule has 0 saturated heterocycles. The summed E-state index contributed by atoms with van der Waals surface area (Å²) in [7, 11) is 0. The molecule has 28 heavy (non-hydrogen) atoms. The van der Waals surface area contributed by atoms with Gasteiger partial charge in [-0.2, -0.15) is 0 Å². The van der Waals surface area contributed by atoms with E-state index in [0.717, 1.165) is 16.6 Å². The molecule has 1 N–H and O–H groups in total. The van der Waals surface area contributed by atoms with Crippen LogP contribution in [0.1, 0.15) is 21.6 Å². The van der Waals surface area contributed by atoms with Crippen molar-refractivity contribution in [3.05, 3.63) is 95.4 Å². The highest BCUT2D eigenvalue weighted by Gasteiger charge is 2.17. The van der Waals surface area contributed by atoms with Gasteiger partial charge in [0, 0.05) is 25.2 Å². The summed E-state index contributed by atoms with van der Waals surface area (Å²) in [5, 5.41) is 2.88. The van der Waals surface area contributed by atoms with E-state index in [1.807, 2.05) is 6.07 Å².